The molecule has 0 radical (unpaired) electrons. The van der Waals surface area contributed by atoms with Gasteiger partial charge in [-0.05, 0) is 44.6 Å². The van der Waals surface area contributed by atoms with E-state index in [1.165, 1.54) is 0 Å². The largest absolute Gasteiger partial charge is 0.480 e. The van der Waals surface area contributed by atoms with Gasteiger partial charge in [0.05, 0.1) is 6.61 Å². The Balaban J connectivity index is 5.46. The molecule has 0 saturated carbocycles. The molecule has 0 aromatic carbocycles. The van der Waals surface area contributed by atoms with Crippen LogP contribution in [0.25, 0.3) is 0 Å². The Morgan fingerprint density at radius 1 is 0.914 bits per heavy atom. The Hall–Kier alpha value is -2.97. The number of nitrogens with one attached hydrogen (secondary N) is 3. The Morgan fingerprint density at radius 3 is 2.03 bits per heavy atom. The molecule has 0 aliphatic heterocycles. The Morgan fingerprint density at radius 2 is 1.51 bits per heavy atom. The van der Waals surface area contributed by atoms with Gasteiger partial charge in [0.1, 0.15) is 24.2 Å². The van der Waals surface area contributed by atoms with E-state index < -0.39 is 54.5 Å². The number of carbonyl (C=O) groups excluding carboxylic acids is 3. The summed E-state index contributed by atoms with van der Waals surface area (Å²) in [6, 6.07) is -4.47. The third-order valence-electron chi connectivity index (χ3n) is 5.47. The van der Waals surface area contributed by atoms with Crippen LogP contribution < -0.4 is 38.9 Å². The molecule has 3 amide bonds. The zero-order valence-corrected chi connectivity index (χ0v) is 20.5. The van der Waals surface area contributed by atoms with Crippen LogP contribution in [0.4, 0.5) is 0 Å². The van der Waals surface area contributed by atoms with Gasteiger partial charge < -0.3 is 49.1 Å². The number of aliphatic hydroxyl groups is 1. The monoisotopic (exact) mass is 502 g/mol. The molecule has 14 nitrogen and oxygen atoms in total. The van der Waals surface area contributed by atoms with E-state index in [2.05, 4.69) is 20.9 Å². The van der Waals surface area contributed by atoms with Gasteiger partial charge in [-0.2, -0.15) is 0 Å². The van der Waals surface area contributed by atoms with Crippen molar-refractivity contribution in [3.05, 3.63) is 0 Å². The number of carboxylic acids is 1. The lowest BCUT2D eigenvalue weighted by molar-refractivity contribution is -0.143. The van der Waals surface area contributed by atoms with Gasteiger partial charge in [-0.25, -0.2) is 4.79 Å². The molecule has 0 heterocycles. The van der Waals surface area contributed by atoms with E-state index in [0.717, 1.165) is 0 Å². The van der Waals surface area contributed by atoms with Gasteiger partial charge in [-0.3, -0.25) is 19.4 Å². The molecular weight excluding hydrogens is 460 g/mol. The summed E-state index contributed by atoms with van der Waals surface area (Å²) < 4.78 is 0. The minimum atomic E-state index is -1.23. The van der Waals surface area contributed by atoms with Gasteiger partial charge in [-0.15, -0.1) is 0 Å². The van der Waals surface area contributed by atoms with Gasteiger partial charge in [0.25, 0.3) is 0 Å². The molecule has 5 unspecified atom stereocenters. The molecule has 202 valence electrons. The van der Waals surface area contributed by atoms with E-state index >= 15 is 0 Å². The smallest absolute Gasteiger partial charge is 0.326 e. The zero-order chi connectivity index (χ0) is 27.0. The second-order valence-electron chi connectivity index (χ2n) is 8.35. The average molecular weight is 503 g/mol. The number of aliphatic imine (C=N–C) groups is 1. The van der Waals surface area contributed by atoms with Crippen LogP contribution in [0.15, 0.2) is 4.99 Å². The summed E-state index contributed by atoms with van der Waals surface area (Å²) in [5.41, 5.74) is 21.5. The molecule has 35 heavy (non-hydrogen) atoms. The third-order valence-corrected chi connectivity index (χ3v) is 5.47. The SMILES string of the molecule is CCC(C)C(NC(=O)C(CCCCN)NC(=O)C(N)CO)C(=O)NC(CCCN=C(N)N)C(=O)O. The summed E-state index contributed by atoms with van der Waals surface area (Å²) in [5.74, 6) is -3.69. The molecule has 0 aromatic rings. The number of aliphatic hydroxyl groups excluding tert-OH is 1. The minimum Gasteiger partial charge on any atom is -0.480 e. The van der Waals surface area contributed by atoms with Gasteiger partial charge in [0.2, 0.25) is 17.7 Å². The average Bonchev–Trinajstić information content (AvgIpc) is 2.81. The second-order valence-corrected chi connectivity index (χ2v) is 8.35. The maximum Gasteiger partial charge on any atom is 0.326 e. The fourth-order valence-corrected chi connectivity index (χ4v) is 3.10. The quantitative estimate of drug-likeness (QED) is 0.0523. The number of unbranched alkanes of at least 4 members (excludes halogenated alkanes) is 1. The van der Waals surface area contributed by atoms with Crippen LogP contribution in [0, 0.1) is 5.92 Å². The normalized spacial score (nSPS) is 15.1. The molecule has 5 atom stereocenters. The van der Waals surface area contributed by atoms with Crippen molar-refractivity contribution in [2.45, 2.75) is 76.5 Å². The van der Waals surface area contributed by atoms with E-state index in [1.54, 1.807) is 6.92 Å². The van der Waals surface area contributed by atoms with Crippen LogP contribution >= 0.6 is 0 Å². The van der Waals surface area contributed by atoms with Crippen LogP contribution in [0.5, 0.6) is 0 Å². The number of nitrogens with zero attached hydrogens (tertiary/aromatic N) is 1. The van der Waals surface area contributed by atoms with Crippen LogP contribution in [0.3, 0.4) is 0 Å². The summed E-state index contributed by atoms with van der Waals surface area (Å²) >= 11 is 0. The number of rotatable bonds is 18. The summed E-state index contributed by atoms with van der Waals surface area (Å²) in [5, 5.41) is 26.2. The van der Waals surface area contributed by atoms with Crippen molar-refractivity contribution in [1.29, 1.82) is 0 Å². The van der Waals surface area contributed by atoms with Crippen molar-refractivity contribution in [2.75, 3.05) is 19.7 Å². The van der Waals surface area contributed by atoms with E-state index in [0.29, 0.717) is 32.2 Å². The first-order valence-corrected chi connectivity index (χ1v) is 11.7. The van der Waals surface area contributed by atoms with E-state index in [9.17, 15) is 24.3 Å². The summed E-state index contributed by atoms with van der Waals surface area (Å²) in [6.45, 7) is 3.56. The number of nitrogens with two attached hydrogens (primary N) is 4. The number of amides is 3. The maximum absolute atomic E-state index is 13.0. The summed E-state index contributed by atoms with van der Waals surface area (Å²) in [7, 11) is 0. The van der Waals surface area contributed by atoms with Gasteiger partial charge >= 0.3 is 5.97 Å². The van der Waals surface area contributed by atoms with Crippen molar-refractivity contribution < 1.29 is 29.4 Å². The van der Waals surface area contributed by atoms with Gasteiger partial charge in [-0.1, -0.05) is 20.3 Å². The Kier molecular flexibility index (Phi) is 16.0. The molecule has 0 saturated heterocycles. The molecule has 0 aliphatic carbocycles. The molecule has 0 aromatic heterocycles. The highest BCUT2D eigenvalue weighted by molar-refractivity contribution is 5.94. The fourth-order valence-electron chi connectivity index (χ4n) is 3.10. The van der Waals surface area contributed by atoms with Crippen LogP contribution in [0.2, 0.25) is 0 Å². The Labute approximate surface area is 205 Å². The molecule has 0 rings (SSSR count). The molecule has 0 bridgehead atoms. The standard InChI is InChI=1S/C21H42N8O6/c1-3-12(2)16(19(33)28-15(20(34)35)8-6-10-26-21(24)25)29-18(32)14(7-4-5-9-22)27-17(31)13(23)11-30/h12-16,30H,3-11,22-23H2,1-2H3,(H,27,31)(H,28,33)(H,29,32)(H,34,35)(H4,24,25,26). The summed E-state index contributed by atoms with van der Waals surface area (Å²) in [4.78, 5) is 53.6. The number of hydrogen-bond donors (Lipinski definition) is 9. The topological polar surface area (TPSA) is 261 Å². The highest BCUT2D eigenvalue weighted by Gasteiger charge is 2.32. The zero-order valence-electron chi connectivity index (χ0n) is 20.5. The van der Waals surface area contributed by atoms with E-state index in [4.69, 9.17) is 28.0 Å². The third kappa shape index (κ3) is 12.9. The fraction of sp³-hybridized carbons (Fsp3) is 0.762. The lowest BCUT2D eigenvalue weighted by Gasteiger charge is -2.28. The highest BCUT2D eigenvalue weighted by atomic mass is 16.4. The first-order chi connectivity index (χ1) is 16.5. The number of hydrogen-bond acceptors (Lipinski definition) is 8. The van der Waals surface area contributed by atoms with Crippen molar-refractivity contribution in [2.24, 2.45) is 33.8 Å². The Bertz CT molecular complexity index is 716. The lowest BCUT2D eigenvalue weighted by Crippen LogP contribution is -2.58. The molecule has 14 heteroatoms. The van der Waals surface area contributed by atoms with Crippen molar-refractivity contribution >= 4 is 29.7 Å². The molecule has 0 aliphatic rings. The summed E-state index contributed by atoms with van der Waals surface area (Å²) in [6.07, 6.45) is 2.29. The van der Waals surface area contributed by atoms with E-state index in [-0.39, 0.29) is 31.3 Å². The number of guanidine groups is 1. The highest BCUT2D eigenvalue weighted by Crippen LogP contribution is 2.11. The lowest BCUT2D eigenvalue weighted by atomic mass is 9.96. The number of carboxylic acid groups (broad SMARTS) is 1. The van der Waals surface area contributed by atoms with Gasteiger partial charge in [0, 0.05) is 6.54 Å². The van der Waals surface area contributed by atoms with Crippen LogP contribution in [-0.4, -0.2) is 83.7 Å². The minimum absolute atomic E-state index is 0.0792. The first-order valence-electron chi connectivity index (χ1n) is 11.7. The van der Waals surface area contributed by atoms with Crippen molar-refractivity contribution in [3.63, 3.8) is 0 Å². The maximum atomic E-state index is 13.0. The number of aliphatic carboxylic acids is 1. The van der Waals surface area contributed by atoms with Crippen LogP contribution in [-0.2, 0) is 19.2 Å². The first kappa shape index (κ1) is 32.0. The van der Waals surface area contributed by atoms with Crippen molar-refractivity contribution in [1.82, 2.24) is 16.0 Å². The van der Waals surface area contributed by atoms with Crippen molar-refractivity contribution in [3.8, 4) is 0 Å². The van der Waals surface area contributed by atoms with Gasteiger partial charge in [0.15, 0.2) is 5.96 Å². The molecule has 0 fully saturated rings. The molecule has 0 spiro atoms. The predicted octanol–water partition coefficient (Wildman–Crippen LogP) is -2.93. The van der Waals surface area contributed by atoms with E-state index in [1.807, 2.05) is 6.92 Å². The molecule has 13 N–H and O–H groups in total. The predicted molar refractivity (Wildman–Crippen MR) is 131 cm³/mol. The van der Waals surface area contributed by atoms with Crippen LogP contribution in [0.1, 0.15) is 52.4 Å². The number of carbonyl (C=O) groups is 4. The second kappa shape index (κ2) is 17.5. The molecular formula is C21H42N8O6.